The highest BCUT2D eigenvalue weighted by Gasteiger charge is 2.08. The van der Waals surface area contributed by atoms with E-state index < -0.39 is 0 Å². The molecule has 0 bridgehead atoms. The normalized spacial score (nSPS) is 11.7. The monoisotopic (exact) mass is 290 g/mol. The average molecular weight is 290 g/mol. The topological polar surface area (TPSA) is 75.6 Å². The molecule has 2 heterocycles. The van der Waals surface area contributed by atoms with Crippen LogP contribution in [0, 0.1) is 13.8 Å². The van der Waals surface area contributed by atoms with E-state index in [1.54, 1.807) is 6.26 Å². The first-order valence-electron chi connectivity index (χ1n) is 7.17. The number of hydrogen-bond donors (Lipinski definition) is 2. The van der Waals surface area contributed by atoms with Crippen molar-refractivity contribution in [2.75, 3.05) is 13.1 Å². The molecule has 114 valence electrons. The van der Waals surface area contributed by atoms with Gasteiger partial charge in [0, 0.05) is 25.1 Å². The first-order chi connectivity index (χ1) is 10.2. The minimum absolute atomic E-state index is 0.553. The molecular weight excluding hydrogens is 268 g/mol. The summed E-state index contributed by atoms with van der Waals surface area (Å²) in [5, 5.41) is 10.4. The van der Waals surface area contributed by atoms with E-state index >= 15 is 0 Å². The van der Waals surface area contributed by atoms with E-state index in [0.717, 1.165) is 48.2 Å². The van der Waals surface area contributed by atoms with Gasteiger partial charge in [-0.2, -0.15) is 0 Å². The van der Waals surface area contributed by atoms with Crippen molar-refractivity contribution in [2.45, 2.75) is 33.7 Å². The van der Waals surface area contributed by atoms with E-state index in [4.69, 9.17) is 8.94 Å². The van der Waals surface area contributed by atoms with Crippen molar-refractivity contribution in [1.29, 1.82) is 0 Å². The lowest BCUT2D eigenvalue weighted by atomic mass is 10.2. The molecule has 0 fully saturated rings. The van der Waals surface area contributed by atoms with Gasteiger partial charge in [-0.15, -0.1) is 0 Å². The van der Waals surface area contributed by atoms with Crippen molar-refractivity contribution >= 4 is 5.96 Å². The number of nitrogens with zero attached hydrogens (tertiary/aromatic N) is 2. The molecule has 0 saturated carbocycles. The summed E-state index contributed by atoms with van der Waals surface area (Å²) in [6.45, 7) is 8.01. The first-order valence-corrected chi connectivity index (χ1v) is 7.17. The third-order valence-corrected chi connectivity index (χ3v) is 3.16. The molecule has 0 amide bonds. The maximum absolute atomic E-state index is 5.30. The van der Waals surface area contributed by atoms with Gasteiger partial charge in [-0.25, -0.2) is 4.99 Å². The third kappa shape index (κ3) is 4.37. The van der Waals surface area contributed by atoms with Crippen molar-refractivity contribution < 1.29 is 8.94 Å². The van der Waals surface area contributed by atoms with Gasteiger partial charge in [0.2, 0.25) is 0 Å². The van der Waals surface area contributed by atoms with Crippen LogP contribution in [0.3, 0.4) is 0 Å². The number of hydrogen-bond acceptors (Lipinski definition) is 4. The van der Waals surface area contributed by atoms with Crippen LogP contribution in [-0.2, 0) is 13.0 Å². The van der Waals surface area contributed by atoms with Crippen LogP contribution in [0.5, 0.6) is 0 Å². The van der Waals surface area contributed by atoms with Crippen LogP contribution in [0.1, 0.15) is 29.7 Å². The number of aliphatic imine (C=N–C) groups is 1. The van der Waals surface area contributed by atoms with Gasteiger partial charge in [0.15, 0.2) is 5.96 Å². The Morgan fingerprint density at radius 2 is 2.19 bits per heavy atom. The van der Waals surface area contributed by atoms with E-state index in [0.29, 0.717) is 6.54 Å². The maximum Gasteiger partial charge on any atom is 0.191 e. The highest BCUT2D eigenvalue weighted by molar-refractivity contribution is 5.79. The molecule has 21 heavy (non-hydrogen) atoms. The maximum atomic E-state index is 5.30. The molecule has 0 spiro atoms. The van der Waals surface area contributed by atoms with Crippen LogP contribution < -0.4 is 10.6 Å². The summed E-state index contributed by atoms with van der Waals surface area (Å²) in [5.41, 5.74) is 1.93. The summed E-state index contributed by atoms with van der Waals surface area (Å²) in [5.74, 6) is 2.57. The van der Waals surface area contributed by atoms with Crippen LogP contribution in [-0.4, -0.2) is 24.2 Å². The second-order valence-electron chi connectivity index (χ2n) is 4.75. The fourth-order valence-corrected chi connectivity index (χ4v) is 1.99. The molecule has 0 aliphatic rings. The molecule has 0 aliphatic carbocycles. The van der Waals surface area contributed by atoms with Crippen LogP contribution in [0.4, 0.5) is 0 Å². The Balaban J connectivity index is 1.89. The molecular formula is C15H22N4O2. The highest BCUT2D eigenvalue weighted by Crippen LogP contribution is 2.12. The molecule has 0 unspecified atom stereocenters. The fraction of sp³-hybridized carbons (Fsp3) is 0.467. The van der Waals surface area contributed by atoms with Gasteiger partial charge in [0.1, 0.15) is 11.5 Å². The highest BCUT2D eigenvalue weighted by atomic mass is 16.5. The standard InChI is InChI=1S/C15H22N4O2/c1-4-16-15(17-8-7-13-6-5-9-20-13)18-10-14-11(2)19-21-12(14)3/h5-6,9H,4,7-8,10H2,1-3H3,(H2,16,17,18). The van der Waals surface area contributed by atoms with Crippen molar-refractivity contribution in [3.8, 4) is 0 Å². The molecule has 2 aromatic heterocycles. The lowest BCUT2D eigenvalue weighted by Crippen LogP contribution is -2.38. The van der Waals surface area contributed by atoms with Crippen LogP contribution >= 0.6 is 0 Å². The molecule has 0 atom stereocenters. The number of rotatable bonds is 6. The molecule has 6 nitrogen and oxygen atoms in total. The lowest BCUT2D eigenvalue weighted by Gasteiger charge is -2.10. The zero-order valence-electron chi connectivity index (χ0n) is 12.8. The Morgan fingerprint density at radius 1 is 1.33 bits per heavy atom. The van der Waals surface area contributed by atoms with Gasteiger partial charge in [-0.1, -0.05) is 5.16 Å². The van der Waals surface area contributed by atoms with Crippen LogP contribution in [0.2, 0.25) is 0 Å². The fourth-order valence-electron chi connectivity index (χ4n) is 1.99. The summed E-state index contributed by atoms with van der Waals surface area (Å²) >= 11 is 0. The minimum Gasteiger partial charge on any atom is -0.469 e. The predicted octanol–water partition coefficient (Wildman–Crippen LogP) is 2.18. The largest absolute Gasteiger partial charge is 0.469 e. The molecule has 0 aliphatic heterocycles. The molecule has 0 radical (unpaired) electrons. The SMILES string of the molecule is CCNC(=NCc1c(C)noc1C)NCCc1ccco1. The Morgan fingerprint density at radius 3 is 2.81 bits per heavy atom. The summed E-state index contributed by atoms with van der Waals surface area (Å²) in [6, 6.07) is 3.86. The summed E-state index contributed by atoms with van der Waals surface area (Å²) in [4.78, 5) is 4.56. The first kappa shape index (κ1) is 15.2. The third-order valence-electron chi connectivity index (χ3n) is 3.16. The molecule has 0 aromatic carbocycles. The van der Waals surface area contributed by atoms with Crippen LogP contribution in [0.25, 0.3) is 0 Å². The molecule has 6 heteroatoms. The Kier molecular flexibility index (Phi) is 5.43. The zero-order chi connectivity index (χ0) is 15.1. The lowest BCUT2D eigenvalue weighted by molar-refractivity contribution is 0.392. The quantitative estimate of drug-likeness (QED) is 0.630. The molecule has 2 aromatic rings. The van der Waals surface area contributed by atoms with Crippen LogP contribution in [0.15, 0.2) is 32.3 Å². The van der Waals surface area contributed by atoms with E-state index in [1.807, 2.05) is 32.9 Å². The molecule has 0 saturated heterocycles. The second-order valence-corrected chi connectivity index (χ2v) is 4.75. The predicted molar refractivity (Wildman–Crippen MR) is 81.2 cm³/mol. The van der Waals surface area contributed by atoms with Gasteiger partial charge in [0.05, 0.1) is 18.5 Å². The summed E-state index contributed by atoms with van der Waals surface area (Å²) in [6.07, 6.45) is 2.51. The van der Waals surface area contributed by atoms with E-state index in [9.17, 15) is 0 Å². The number of guanidine groups is 1. The van der Waals surface area contributed by atoms with E-state index in [-0.39, 0.29) is 0 Å². The van der Waals surface area contributed by atoms with Gasteiger partial charge in [-0.05, 0) is 32.9 Å². The Bertz CT molecular complexity index is 553. The van der Waals surface area contributed by atoms with Gasteiger partial charge < -0.3 is 19.6 Å². The summed E-state index contributed by atoms with van der Waals surface area (Å²) < 4.78 is 10.4. The Hall–Kier alpha value is -2.24. The number of nitrogens with one attached hydrogen (secondary N) is 2. The van der Waals surface area contributed by atoms with E-state index in [2.05, 4.69) is 20.8 Å². The van der Waals surface area contributed by atoms with Crippen molar-refractivity contribution in [1.82, 2.24) is 15.8 Å². The number of aromatic nitrogens is 1. The van der Waals surface area contributed by atoms with Crippen molar-refractivity contribution in [3.05, 3.63) is 41.2 Å². The average Bonchev–Trinajstić information content (AvgIpc) is 3.08. The summed E-state index contributed by atoms with van der Waals surface area (Å²) in [7, 11) is 0. The molecule has 2 N–H and O–H groups in total. The molecule has 2 rings (SSSR count). The number of furan rings is 1. The van der Waals surface area contributed by atoms with E-state index in [1.165, 1.54) is 0 Å². The Labute approximate surface area is 124 Å². The van der Waals surface area contributed by atoms with Crippen molar-refractivity contribution in [2.24, 2.45) is 4.99 Å². The van der Waals surface area contributed by atoms with Gasteiger partial charge >= 0.3 is 0 Å². The zero-order valence-corrected chi connectivity index (χ0v) is 12.8. The smallest absolute Gasteiger partial charge is 0.191 e. The van der Waals surface area contributed by atoms with Crippen molar-refractivity contribution in [3.63, 3.8) is 0 Å². The van der Waals surface area contributed by atoms with Gasteiger partial charge in [0.25, 0.3) is 0 Å². The minimum atomic E-state index is 0.553. The second kappa shape index (κ2) is 7.52. The number of aryl methyl sites for hydroxylation is 2. The van der Waals surface area contributed by atoms with Gasteiger partial charge in [-0.3, -0.25) is 0 Å².